The summed E-state index contributed by atoms with van der Waals surface area (Å²) >= 11 is 1.57. The van der Waals surface area contributed by atoms with Crippen molar-refractivity contribution in [2.45, 2.75) is 0 Å². The van der Waals surface area contributed by atoms with Gasteiger partial charge in [0.15, 0.2) is 0 Å². The highest BCUT2D eigenvalue weighted by Crippen LogP contribution is 2.23. The first-order chi connectivity index (χ1) is 13.2. The van der Waals surface area contributed by atoms with Gasteiger partial charge < -0.3 is 5.32 Å². The molecule has 4 aromatic rings. The van der Waals surface area contributed by atoms with Crippen molar-refractivity contribution >= 4 is 56.1 Å². The van der Waals surface area contributed by atoms with Crippen molar-refractivity contribution < 1.29 is 4.79 Å². The highest BCUT2D eigenvalue weighted by molar-refractivity contribution is 7.16. The normalized spacial score (nSPS) is 15.5. The third-order valence-corrected chi connectivity index (χ3v) is 5.16. The van der Waals surface area contributed by atoms with Crippen LogP contribution in [0, 0.1) is 0 Å². The fourth-order valence-electron chi connectivity index (χ4n) is 3.01. The molecular formula is C19H14N6OS. The minimum atomic E-state index is -0.235. The Balaban J connectivity index is 1.43. The maximum Gasteiger partial charge on any atom is 0.276 e. The van der Waals surface area contributed by atoms with Crippen molar-refractivity contribution in [3.8, 4) is 0 Å². The van der Waals surface area contributed by atoms with Crippen LogP contribution in [0.15, 0.2) is 58.8 Å². The van der Waals surface area contributed by atoms with E-state index in [1.54, 1.807) is 22.1 Å². The van der Waals surface area contributed by atoms with Crippen LogP contribution in [0.2, 0.25) is 0 Å². The van der Waals surface area contributed by atoms with Gasteiger partial charge in [0.2, 0.25) is 5.96 Å². The van der Waals surface area contributed by atoms with Crippen LogP contribution in [0.3, 0.4) is 0 Å². The molecule has 0 saturated carbocycles. The van der Waals surface area contributed by atoms with Gasteiger partial charge in [-0.2, -0.15) is 5.10 Å². The fraction of sp³-hybridized carbons (Fsp3) is 0.0526. The van der Waals surface area contributed by atoms with E-state index in [1.807, 2.05) is 55.2 Å². The second-order valence-corrected chi connectivity index (χ2v) is 7.08. The van der Waals surface area contributed by atoms with Gasteiger partial charge in [-0.05, 0) is 35.9 Å². The van der Waals surface area contributed by atoms with Crippen molar-refractivity contribution in [2.75, 3.05) is 5.32 Å². The quantitative estimate of drug-likeness (QED) is 0.528. The van der Waals surface area contributed by atoms with Crippen LogP contribution < -0.4 is 10.6 Å². The van der Waals surface area contributed by atoms with E-state index in [1.165, 1.54) is 0 Å². The summed E-state index contributed by atoms with van der Waals surface area (Å²) < 4.78 is 2.88. The molecule has 0 unspecified atom stereocenters. The number of hydrogen-bond donors (Lipinski definition) is 2. The Morgan fingerprint density at radius 1 is 1.22 bits per heavy atom. The lowest BCUT2D eigenvalue weighted by molar-refractivity contribution is -0.115. The Morgan fingerprint density at radius 3 is 3.07 bits per heavy atom. The number of carbonyl (C=O) groups is 1. The first kappa shape index (κ1) is 15.7. The molecule has 3 heterocycles. The molecule has 0 radical (unpaired) electrons. The summed E-state index contributed by atoms with van der Waals surface area (Å²) in [6.45, 7) is 0. The van der Waals surface area contributed by atoms with Crippen LogP contribution >= 0.6 is 11.3 Å². The van der Waals surface area contributed by atoms with E-state index in [4.69, 9.17) is 0 Å². The minimum absolute atomic E-state index is 0.235. The molecule has 0 bridgehead atoms. The number of rotatable bonds is 2. The number of amides is 1. The number of anilines is 1. The molecule has 1 amide bonds. The summed E-state index contributed by atoms with van der Waals surface area (Å²) in [6, 6.07) is 11.7. The molecule has 2 aromatic heterocycles. The Kier molecular flexibility index (Phi) is 3.51. The van der Waals surface area contributed by atoms with Crippen molar-refractivity contribution in [3.63, 3.8) is 0 Å². The monoisotopic (exact) mass is 374 g/mol. The molecule has 7 nitrogen and oxygen atoms in total. The highest BCUT2D eigenvalue weighted by atomic mass is 32.1. The second kappa shape index (κ2) is 6.03. The van der Waals surface area contributed by atoms with E-state index in [0.717, 1.165) is 32.4 Å². The molecule has 1 aliphatic heterocycles. The molecule has 27 heavy (non-hydrogen) atoms. The number of guanidine groups is 1. The predicted octanol–water partition coefficient (Wildman–Crippen LogP) is 3.12. The number of nitrogens with one attached hydrogen (secondary N) is 2. The summed E-state index contributed by atoms with van der Waals surface area (Å²) in [5.41, 5.74) is 5.87. The zero-order valence-corrected chi connectivity index (χ0v) is 15.1. The van der Waals surface area contributed by atoms with Crippen LogP contribution in [0.25, 0.3) is 27.2 Å². The van der Waals surface area contributed by atoms with Crippen LogP contribution in [0.5, 0.6) is 0 Å². The van der Waals surface area contributed by atoms with Crippen molar-refractivity contribution in [2.24, 2.45) is 12.0 Å². The Labute approximate surface area is 158 Å². The zero-order chi connectivity index (χ0) is 18.4. The van der Waals surface area contributed by atoms with Crippen molar-refractivity contribution in [1.82, 2.24) is 20.1 Å². The van der Waals surface area contributed by atoms with Gasteiger partial charge in [0, 0.05) is 18.1 Å². The Hall–Kier alpha value is -3.52. The second-order valence-electron chi connectivity index (χ2n) is 6.19. The Bertz CT molecular complexity index is 1270. The lowest BCUT2D eigenvalue weighted by Crippen LogP contribution is -2.29. The summed E-state index contributed by atoms with van der Waals surface area (Å²) in [5.74, 6) is 0.179. The number of carbonyl (C=O) groups excluding carboxylic acids is 1. The van der Waals surface area contributed by atoms with E-state index in [9.17, 15) is 4.79 Å². The number of aliphatic imine (C=N–C) groups is 1. The van der Waals surface area contributed by atoms with E-state index in [-0.39, 0.29) is 5.91 Å². The first-order valence-electron chi connectivity index (χ1n) is 8.29. The topological polar surface area (TPSA) is 84.2 Å². The molecular weight excluding hydrogens is 360 g/mol. The van der Waals surface area contributed by atoms with Gasteiger partial charge in [-0.15, -0.1) is 11.3 Å². The van der Waals surface area contributed by atoms with E-state index < -0.39 is 0 Å². The molecule has 2 N–H and O–H groups in total. The molecule has 2 aromatic carbocycles. The van der Waals surface area contributed by atoms with Gasteiger partial charge in [0.25, 0.3) is 5.91 Å². The number of thiazole rings is 1. The Morgan fingerprint density at radius 2 is 2.15 bits per heavy atom. The molecule has 0 spiro atoms. The lowest BCUT2D eigenvalue weighted by Gasteiger charge is -2.04. The summed E-state index contributed by atoms with van der Waals surface area (Å²) in [7, 11) is 1.89. The predicted molar refractivity (Wildman–Crippen MR) is 108 cm³/mol. The average molecular weight is 374 g/mol. The zero-order valence-electron chi connectivity index (χ0n) is 14.3. The SMILES string of the molecule is Cn1ncc2ccc(/C=C3\N=C(Nc4ccc5ncsc5c4)NC3=O)cc21. The number of fused-ring (bicyclic) bond motifs is 2. The minimum Gasteiger partial charge on any atom is -0.326 e. The summed E-state index contributed by atoms with van der Waals surface area (Å²) in [6.07, 6.45) is 3.58. The summed E-state index contributed by atoms with van der Waals surface area (Å²) in [5, 5.41) is 11.2. The number of hydrogen-bond acceptors (Lipinski definition) is 6. The van der Waals surface area contributed by atoms with Crippen LogP contribution in [-0.4, -0.2) is 26.6 Å². The van der Waals surface area contributed by atoms with Crippen molar-refractivity contribution in [3.05, 3.63) is 59.4 Å². The maximum absolute atomic E-state index is 12.3. The van der Waals surface area contributed by atoms with Gasteiger partial charge in [0.05, 0.1) is 27.4 Å². The number of nitrogens with zero attached hydrogens (tertiary/aromatic N) is 4. The van der Waals surface area contributed by atoms with Gasteiger partial charge in [0.1, 0.15) is 5.70 Å². The van der Waals surface area contributed by atoms with Crippen molar-refractivity contribution in [1.29, 1.82) is 0 Å². The molecule has 0 saturated heterocycles. The molecule has 1 aliphatic rings. The number of aromatic nitrogens is 3. The highest BCUT2D eigenvalue weighted by Gasteiger charge is 2.20. The molecule has 0 fully saturated rings. The largest absolute Gasteiger partial charge is 0.326 e. The van der Waals surface area contributed by atoms with E-state index in [0.29, 0.717) is 11.7 Å². The standard InChI is InChI=1S/C19H14N6OS/c1-25-16-7-11(2-3-12(16)9-21-25)6-15-18(26)24-19(23-15)22-13-4-5-14-17(8-13)27-10-20-14/h2-10H,1H3,(H2,22,23,24,26)/b15-6-. The van der Waals surface area contributed by atoms with E-state index >= 15 is 0 Å². The van der Waals surface area contributed by atoms with Crippen LogP contribution in [0.4, 0.5) is 5.69 Å². The number of aryl methyl sites for hydroxylation is 1. The van der Waals surface area contributed by atoms with Gasteiger partial charge in [-0.25, -0.2) is 9.98 Å². The summed E-state index contributed by atoms with van der Waals surface area (Å²) in [4.78, 5) is 20.9. The van der Waals surface area contributed by atoms with Gasteiger partial charge in [-0.1, -0.05) is 12.1 Å². The smallest absolute Gasteiger partial charge is 0.276 e. The van der Waals surface area contributed by atoms with Crippen LogP contribution in [-0.2, 0) is 11.8 Å². The average Bonchev–Trinajstić information content (AvgIpc) is 3.35. The van der Waals surface area contributed by atoms with Gasteiger partial charge >= 0.3 is 0 Å². The van der Waals surface area contributed by atoms with E-state index in [2.05, 4.69) is 25.7 Å². The molecule has 8 heteroatoms. The molecule has 132 valence electrons. The lowest BCUT2D eigenvalue weighted by atomic mass is 10.1. The maximum atomic E-state index is 12.3. The third-order valence-electron chi connectivity index (χ3n) is 4.37. The molecule has 0 aliphatic carbocycles. The molecule has 5 rings (SSSR count). The molecule has 0 atom stereocenters. The number of benzene rings is 2. The first-order valence-corrected chi connectivity index (χ1v) is 9.17. The fourth-order valence-corrected chi connectivity index (χ4v) is 3.72. The van der Waals surface area contributed by atoms with Gasteiger partial charge in [-0.3, -0.25) is 14.8 Å². The van der Waals surface area contributed by atoms with Crippen LogP contribution in [0.1, 0.15) is 5.56 Å². The third kappa shape index (κ3) is 2.85.